The van der Waals surface area contributed by atoms with Crippen molar-refractivity contribution >= 4 is 16.8 Å². The molecular formula is C20H20F2N2O. The average Bonchev–Trinajstić information content (AvgIpc) is 3.00. The molecule has 0 unspecified atom stereocenters. The lowest BCUT2D eigenvalue weighted by Crippen LogP contribution is -2.40. The van der Waals surface area contributed by atoms with Crippen molar-refractivity contribution in [1.29, 1.82) is 0 Å². The van der Waals surface area contributed by atoms with E-state index in [0.717, 1.165) is 11.1 Å². The molecule has 2 aromatic carbocycles. The summed E-state index contributed by atoms with van der Waals surface area (Å²) >= 11 is 0. The van der Waals surface area contributed by atoms with Gasteiger partial charge in [0, 0.05) is 23.6 Å². The van der Waals surface area contributed by atoms with Crippen molar-refractivity contribution < 1.29 is 13.6 Å². The van der Waals surface area contributed by atoms with E-state index in [4.69, 9.17) is 0 Å². The molecule has 1 heterocycles. The number of hydrogen-bond acceptors (Lipinski definition) is 1. The summed E-state index contributed by atoms with van der Waals surface area (Å²) < 4.78 is 27.2. The number of rotatable bonds is 5. The Balaban J connectivity index is 1.73. The zero-order chi connectivity index (χ0) is 18.0. The van der Waals surface area contributed by atoms with Crippen molar-refractivity contribution in [2.45, 2.75) is 25.7 Å². The van der Waals surface area contributed by atoms with E-state index in [0.29, 0.717) is 23.9 Å². The van der Waals surface area contributed by atoms with Crippen molar-refractivity contribution in [1.82, 2.24) is 10.3 Å². The third kappa shape index (κ3) is 3.40. The minimum Gasteiger partial charge on any atom is -0.361 e. The number of carbonyl (C=O) groups is 1. The van der Waals surface area contributed by atoms with Gasteiger partial charge in [-0.05, 0) is 55.7 Å². The quantitative estimate of drug-likeness (QED) is 0.721. The second-order valence-corrected chi connectivity index (χ2v) is 6.61. The molecule has 3 nitrogen and oxygen atoms in total. The minimum atomic E-state index is -0.846. The summed E-state index contributed by atoms with van der Waals surface area (Å²) in [5.41, 5.74) is 1.23. The number of amides is 1. The van der Waals surface area contributed by atoms with Crippen LogP contribution >= 0.6 is 0 Å². The second-order valence-electron chi connectivity index (χ2n) is 6.61. The second kappa shape index (κ2) is 6.67. The van der Waals surface area contributed by atoms with Crippen LogP contribution in [-0.4, -0.2) is 17.4 Å². The Bertz CT molecular complexity index is 915. The van der Waals surface area contributed by atoms with Crippen molar-refractivity contribution in [2.75, 3.05) is 6.54 Å². The molecular weight excluding hydrogens is 322 g/mol. The first-order chi connectivity index (χ1) is 11.9. The van der Waals surface area contributed by atoms with E-state index in [9.17, 15) is 13.6 Å². The number of aromatic nitrogens is 1. The fourth-order valence-electron chi connectivity index (χ4n) is 2.97. The van der Waals surface area contributed by atoms with Crippen LogP contribution in [0.1, 0.15) is 25.0 Å². The molecule has 2 N–H and O–H groups in total. The van der Waals surface area contributed by atoms with Gasteiger partial charge in [-0.15, -0.1) is 0 Å². The summed E-state index contributed by atoms with van der Waals surface area (Å²) in [5.74, 6) is -0.804. The molecule has 5 heteroatoms. The summed E-state index contributed by atoms with van der Waals surface area (Å²) in [7, 11) is 0. The third-order valence-corrected chi connectivity index (χ3v) is 4.52. The predicted octanol–water partition coefficient (Wildman–Crippen LogP) is 4.08. The van der Waals surface area contributed by atoms with E-state index < -0.39 is 5.41 Å². The fourth-order valence-corrected chi connectivity index (χ4v) is 2.97. The molecule has 0 saturated carbocycles. The summed E-state index contributed by atoms with van der Waals surface area (Å²) in [6, 6.07) is 11.0. The lowest BCUT2D eigenvalue weighted by Gasteiger charge is -2.23. The maximum atomic E-state index is 13.6. The Hall–Kier alpha value is -2.69. The fraction of sp³-hybridized carbons (Fsp3) is 0.250. The molecule has 0 radical (unpaired) electrons. The van der Waals surface area contributed by atoms with E-state index in [1.807, 2.05) is 0 Å². The Labute approximate surface area is 145 Å². The molecule has 0 aliphatic rings. The van der Waals surface area contributed by atoms with Gasteiger partial charge >= 0.3 is 0 Å². The van der Waals surface area contributed by atoms with Crippen LogP contribution in [0.4, 0.5) is 8.78 Å². The van der Waals surface area contributed by atoms with E-state index in [2.05, 4.69) is 10.3 Å². The van der Waals surface area contributed by atoms with Crippen LogP contribution < -0.4 is 5.32 Å². The summed E-state index contributed by atoms with van der Waals surface area (Å²) in [5, 5.41) is 3.54. The van der Waals surface area contributed by atoms with E-state index >= 15 is 0 Å². The molecule has 130 valence electrons. The Morgan fingerprint density at radius 3 is 2.68 bits per heavy atom. The first kappa shape index (κ1) is 17.1. The monoisotopic (exact) mass is 342 g/mol. The first-order valence-electron chi connectivity index (χ1n) is 8.18. The molecule has 25 heavy (non-hydrogen) atoms. The van der Waals surface area contributed by atoms with Gasteiger partial charge in [0.1, 0.15) is 11.6 Å². The SMILES string of the molecule is CC(C)(C(=O)NCCc1ccccc1F)c1c[nH]c2ccc(F)cc12. The van der Waals surface area contributed by atoms with Crippen LogP contribution in [0.5, 0.6) is 0 Å². The summed E-state index contributed by atoms with van der Waals surface area (Å²) in [6.07, 6.45) is 2.15. The number of benzene rings is 2. The van der Waals surface area contributed by atoms with Gasteiger partial charge in [-0.2, -0.15) is 0 Å². The zero-order valence-electron chi connectivity index (χ0n) is 14.2. The van der Waals surface area contributed by atoms with Gasteiger partial charge in [0.25, 0.3) is 0 Å². The highest BCUT2D eigenvalue weighted by Crippen LogP contribution is 2.31. The lowest BCUT2D eigenvalue weighted by molar-refractivity contribution is -0.125. The van der Waals surface area contributed by atoms with Crippen molar-refractivity contribution in [2.24, 2.45) is 0 Å². The van der Waals surface area contributed by atoms with Gasteiger partial charge in [0.15, 0.2) is 0 Å². The Morgan fingerprint density at radius 1 is 1.16 bits per heavy atom. The lowest BCUT2D eigenvalue weighted by atomic mass is 9.83. The number of hydrogen-bond donors (Lipinski definition) is 2. The van der Waals surface area contributed by atoms with Crippen molar-refractivity contribution in [3.05, 3.63) is 71.4 Å². The predicted molar refractivity (Wildman–Crippen MR) is 94.4 cm³/mol. The van der Waals surface area contributed by atoms with E-state index in [1.54, 1.807) is 44.3 Å². The molecule has 1 amide bonds. The van der Waals surface area contributed by atoms with Crippen LogP contribution in [0.3, 0.4) is 0 Å². The highest BCUT2D eigenvalue weighted by Gasteiger charge is 2.32. The molecule has 0 aliphatic heterocycles. The highest BCUT2D eigenvalue weighted by atomic mass is 19.1. The molecule has 0 atom stereocenters. The van der Waals surface area contributed by atoms with Crippen molar-refractivity contribution in [3.63, 3.8) is 0 Å². The number of nitrogens with one attached hydrogen (secondary N) is 2. The zero-order valence-corrected chi connectivity index (χ0v) is 14.2. The van der Waals surface area contributed by atoms with Gasteiger partial charge in [-0.3, -0.25) is 4.79 Å². The molecule has 0 spiro atoms. The van der Waals surface area contributed by atoms with Crippen molar-refractivity contribution in [3.8, 4) is 0 Å². The Morgan fingerprint density at radius 2 is 1.92 bits per heavy atom. The van der Waals surface area contributed by atoms with Crippen LogP contribution in [0.25, 0.3) is 10.9 Å². The molecule has 0 aliphatic carbocycles. The maximum Gasteiger partial charge on any atom is 0.230 e. The van der Waals surface area contributed by atoms with Crippen LogP contribution in [-0.2, 0) is 16.6 Å². The normalized spacial score (nSPS) is 11.7. The van der Waals surface area contributed by atoms with Gasteiger partial charge < -0.3 is 10.3 Å². The van der Waals surface area contributed by atoms with Crippen LogP contribution in [0.2, 0.25) is 0 Å². The average molecular weight is 342 g/mol. The largest absolute Gasteiger partial charge is 0.361 e. The maximum absolute atomic E-state index is 13.6. The molecule has 0 fully saturated rings. The number of aromatic amines is 1. The third-order valence-electron chi connectivity index (χ3n) is 4.52. The van der Waals surface area contributed by atoms with Gasteiger partial charge in [0.2, 0.25) is 5.91 Å². The summed E-state index contributed by atoms with van der Waals surface area (Å²) in [4.78, 5) is 15.7. The molecule has 3 aromatic rings. The number of halogens is 2. The molecule has 0 bridgehead atoms. The van der Waals surface area contributed by atoms with Gasteiger partial charge in [-0.25, -0.2) is 8.78 Å². The van der Waals surface area contributed by atoms with E-state index in [-0.39, 0.29) is 17.5 Å². The van der Waals surface area contributed by atoms with Crippen LogP contribution in [0.15, 0.2) is 48.7 Å². The number of H-pyrrole nitrogens is 1. The van der Waals surface area contributed by atoms with Crippen LogP contribution in [0, 0.1) is 11.6 Å². The Kier molecular flexibility index (Phi) is 4.57. The highest BCUT2D eigenvalue weighted by molar-refractivity contribution is 5.94. The molecule has 3 rings (SSSR count). The standard InChI is InChI=1S/C20H20F2N2O/c1-20(2,16-12-24-18-8-7-14(21)11-15(16)18)19(25)23-10-9-13-5-3-4-6-17(13)22/h3-8,11-12,24H,9-10H2,1-2H3,(H,23,25). The molecule has 1 aromatic heterocycles. The summed E-state index contributed by atoms with van der Waals surface area (Å²) in [6.45, 7) is 3.91. The smallest absolute Gasteiger partial charge is 0.230 e. The van der Waals surface area contributed by atoms with Gasteiger partial charge in [0.05, 0.1) is 5.41 Å². The molecule has 0 saturated heterocycles. The first-order valence-corrected chi connectivity index (χ1v) is 8.18. The topological polar surface area (TPSA) is 44.9 Å². The number of fused-ring (bicyclic) bond motifs is 1. The van der Waals surface area contributed by atoms with E-state index in [1.165, 1.54) is 18.2 Å². The van der Waals surface area contributed by atoms with Gasteiger partial charge in [-0.1, -0.05) is 18.2 Å². The minimum absolute atomic E-state index is 0.186. The number of carbonyl (C=O) groups excluding carboxylic acids is 1.